The lowest BCUT2D eigenvalue weighted by molar-refractivity contribution is -0.122. The smallest absolute Gasteiger partial charge is 0.265 e. The lowest BCUT2D eigenvalue weighted by Gasteiger charge is -2.17. The van der Waals surface area contributed by atoms with Crippen molar-refractivity contribution in [2.24, 2.45) is 0 Å². The van der Waals surface area contributed by atoms with Crippen molar-refractivity contribution in [1.82, 2.24) is 0 Å². The van der Waals surface area contributed by atoms with E-state index < -0.39 is 6.10 Å². The zero-order valence-corrected chi connectivity index (χ0v) is 11.2. The molecule has 2 aromatic rings. The van der Waals surface area contributed by atoms with E-state index >= 15 is 0 Å². The van der Waals surface area contributed by atoms with Crippen LogP contribution < -0.4 is 10.1 Å². The second kappa shape index (κ2) is 6.70. The van der Waals surface area contributed by atoms with Gasteiger partial charge in [0, 0.05) is 5.69 Å². The van der Waals surface area contributed by atoms with Crippen molar-refractivity contribution in [3.05, 3.63) is 60.4 Å². The number of amides is 1. The molecule has 20 heavy (non-hydrogen) atoms. The van der Waals surface area contributed by atoms with E-state index in [0.29, 0.717) is 17.9 Å². The molecule has 0 heterocycles. The first-order valence-corrected chi connectivity index (χ1v) is 6.47. The summed E-state index contributed by atoms with van der Waals surface area (Å²) < 4.78 is 18.7. The third-order valence-corrected chi connectivity index (χ3v) is 2.78. The number of anilines is 1. The Bertz CT molecular complexity index is 572. The zero-order valence-electron chi connectivity index (χ0n) is 11.2. The van der Waals surface area contributed by atoms with E-state index in [9.17, 15) is 9.18 Å². The van der Waals surface area contributed by atoms with E-state index in [4.69, 9.17) is 4.74 Å². The van der Waals surface area contributed by atoms with Crippen LogP contribution in [0, 0.1) is 5.82 Å². The first kappa shape index (κ1) is 14.1. The molecule has 1 N–H and O–H groups in total. The van der Waals surface area contributed by atoms with E-state index in [1.165, 1.54) is 12.1 Å². The van der Waals surface area contributed by atoms with Crippen molar-refractivity contribution in [1.29, 1.82) is 0 Å². The Morgan fingerprint density at radius 2 is 1.95 bits per heavy atom. The minimum Gasteiger partial charge on any atom is -0.481 e. The fourth-order valence-corrected chi connectivity index (χ4v) is 1.77. The van der Waals surface area contributed by atoms with Gasteiger partial charge in [-0.1, -0.05) is 31.2 Å². The first-order valence-electron chi connectivity index (χ1n) is 6.47. The summed E-state index contributed by atoms with van der Waals surface area (Å²) in [7, 11) is 0. The molecule has 0 aliphatic rings. The molecular formula is C16H16FNO2. The summed E-state index contributed by atoms with van der Waals surface area (Å²) in [6.07, 6.45) is -0.0866. The summed E-state index contributed by atoms with van der Waals surface area (Å²) in [5.41, 5.74) is 0.421. The van der Waals surface area contributed by atoms with Crippen LogP contribution in [0.5, 0.6) is 5.75 Å². The van der Waals surface area contributed by atoms with Crippen LogP contribution in [0.2, 0.25) is 0 Å². The van der Waals surface area contributed by atoms with E-state index in [2.05, 4.69) is 5.32 Å². The molecule has 0 saturated heterocycles. The number of hydrogen-bond acceptors (Lipinski definition) is 2. The van der Waals surface area contributed by atoms with Crippen molar-refractivity contribution in [3.8, 4) is 5.75 Å². The molecule has 2 rings (SSSR count). The Balaban J connectivity index is 2.02. The van der Waals surface area contributed by atoms with Crippen molar-refractivity contribution in [3.63, 3.8) is 0 Å². The molecule has 0 saturated carbocycles. The number of benzene rings is 2. The highest BCUT2D eigenvalue weighted by molar-refractivity contribution is 5.94. The Labute approximate surface area is 117 Å². The average Bonchev–Trinajstić information content (AvgIpc) is 2.45. The Morgan fingerprint density at radius 3 is 2.60 bits per heavy atom. The van der Waals surface area contributed by atoms with E-state index in [1.807, 2.05) is 25.1 Å². The van der Waals surface area contributed by atoms with Gasteiger partial charge in [0.25, 0.3) is 5.91 Å². The largest absolute Gasteiger partial charge is 0.481 e. The maximum absolute atomic E-state index is 13.1. The zero-order chi connectivity index (χ0) is 14.4. The number of carbonyl (C=O) groups is 1. The number of para-hydroxylation sites is 1. The molecule has 0 bridgehead atoms. The Morgan fingerprint density at radius 1 is 1.20 bits per heavy atom. The minimum atomic E-state index is -0.610. The number of halogens is 1. The SMILES string of the molecule is CC[C@H](Oc1ccccc1)C(=O)Nc1cccc(F)c1. The molecular weight excluding hydrogens is 257 g/mol. The lowest BCUT2D eigenvalue weighted by atomic mass is 10.2. The van der Waals surface area contributed by atoms with Gasteiger partial charge < -0.3 is 10.1 Å². The molecule has 1 amide bonds. The van der Waals surface area contributed by atoms with Crippen molar-refractivity contribution in [2.45, 2.75) is 19.4 Å². The Hall–Kier alpha value is -2.36. The molecule has 2 aromatic carbocycles. The lowest BCUT2D eigenvalue weighted by Crippen LogP contribution is -2.32. The van der Waals surface area contributed by atoms with Gasteiger partial charge in [-0.2, -0.15) is 0 Å². The van der Waals surface area contributed by atoms with Crippen LogP contribution in [0.3, 0.4) is 0 Å². The number of rotatable bonds is 5. The molecule has 0 aromatic heterocycles. The monoisotopic (exact) mass is 273 g/mol. The van der Waals surface area contributed by atoms with Crippen molar-refractivity contribution >= 4 is 11.6 Å². The molecule has 3 nitrogen and oxygen atoms in total. The van der Waals surface area contributed by atoms with Gasteiger partial charge in [-0.05, 0) is 36.8 Å². The van der Waals surface area contributed by atoms with E-state index in [-0.39, 0.29) is 11.7 Å². The fourth-order valence-electron chi connectivity index (χ4n) is 1.77. The summed E-state index contributed by atoms with van der Waals surface area (Å²) in [6, 6.07) is 14.9. The third kappa shape index (κ3) is 3.82. The van der Waals surface area contributed by atoms with Gasteiger partial charge in [0.05, 0.1) is 0 Å². The summed E-state index contributed by atoms with van der Waals surface area (Å²) in [4.78, 5) is 12.1. The third-order valence-electron chi connectivity index (χ3n) is 2.78. The quantitative estimate of drug-likeness (QED) is 0.903. The minimum absolute atomic E-state index is 0.290. The normalized spacial score (nSPS) is 11.7. The van der Waals surface area contributed by atoms with Gasteiger partial charge in [-0.3, -0.25) is 4.79 Å². The van der Waals surface area contributed by atoms with Crippen LogP contribution in [0.1, 0.15) is 13.3 Å². The predicted octanol–water partition coefficient (Wildman–Crippen LogP) is 3.62. The standard InChI is InChI=1S/C16H16FNO2/c1-2-15(20-14-9-4-3-5-10-14)16(19)18-13-8-6-7-12(17)11-13/h3-11,15H,2H2,1H3,(H,18,19)/t15-/m0/s1. The number of carbonyl (C=O) groups excluding carboxylic acids is 1. The molecule has 0 spiro atoms. The molecule has 0 fully saturated rings. The van der Waals surface area contributed by atoms with Gasteiger partial charge >= 0.3 is 0 Å². The van der Waals surface area contributed by atoms with Gasteiger partial charge in [0.15, 0.2) is 6.10 Å². The van der Waals surface area contributed by atoms with Crippen LogP contribution in [-0.4, -0.2) is 12.0 Å². The van der Waals surface area contributed by atoms with Gasteiger partial charge in [0.2, 0.25) is 0 Å². The highest BCUT2D eigenvalue weighted by atomic mass is 19.1. The molecule has 4 heteroatoms. The van der Waals surface area contributed by atoms with Crippen LogP contribution in [-0.2, 0) is 4.79 Å². The van der Waals surface area contributed by atoms with Gasteiger partial charge in [0.1, 0.15) is 11.6 Å². The summed E-state index contributed by atoms with van der Waals surface area (Å²) in [5.74, 6) is -0.0458. The number of nitrogens with one attached hydrogen (secondary N) is 1. The van der Waals surface area contributed by atoms with Crippen molar-refractivity contribution in [2.75, 3.05) is 5.32 Å². The molecule has 0 aliphatic heterocycles. The van der Waals surface area contributed by atoms with E-state index in [0.717, 1.165) is 0 Å². The second-order valence-electron chi connectivity index (χ2n) is 4.33. The Kier molecular flexibility index (Phi) is 4.71. The molecule has 104 valence electrons. The van der Waals surface area contributed by atoms with Crippen LogP contribution in [0.4, 0.5) is 10.1 Å². The van der Waals surface area contributed by atoms with Crippen LogP contribution in [0.25, 0.3) is 0 Å². The van der Waals surface area contributed by atoms with Crippen molar-refractivity contribution < 1.29 is 13.9 Å². The summed E-state index contributed by atoms with van der Waals surface area (Å²) in [5, 5.41) is 2.65. The van der Waals surface area contributed by atoms with Gasteiger partial charge in [-0.15, -0.1) is 0 Å². The molecule has 0 radical (unpaired) electrons. The fraction of sp³-hybridized carbons (Fsp3) is 0.188. The van der Waals surface area contributed by atoms with E-state index in [1.54, 1.807) is 24.3 Å². The highest BCUT2D eigenvalue weighted by Crippen LogP contribution is 2.15. The molecule has 0 unspecified atom stereocenters. The van der Waals surface area contributed by atoms with Crippen LogP contribution in [0.15, 0.2) is 54.6 Å². The average molecular weight is 273 g/mol. The predicted molar refractivity (Wildman–Crippen MR) is 76.2 cm³/mol. The molecule has 0 aliphatic carbocycles. The topological polar surface area (TPSA) is 38.3 Å². The molecule has 1 atom stereocenters. The maximum atomic E-state index is 13.1. The van der Waals surface area contributed by atoms with Gasteiger partial charge in [-0.25, -0.2) is 4.39 Å². The summed E-state index contributed by atoms with van der Waals surface area (Å²) >= 11 is 0. The number of hydrogen-bond donors (Lipinski definition) is 1. The highest BCUT2D eigenvalue weighted by Gasteiger charge is 2.18. The second-order valence-corrected chi connectivity index (χ2v) is 4.33. The maximum Gasteiger partial charge on any atom is 0.265 e. The first-order chi connectivity index (χ1) is 9.69. The number of ether oxygens (including phenoxy) is 1. The van der Waals surface area contributed by atoms with Crippen LogP contribution >= 0.6 is 0 Å². The summed E-state index contributed by atoms with van der Waals surface area (Å²) in [6.45, 7) is 1.86.